The summed E-state index contributed by atoms with van der Waals surface area (Å²) in [4.78, 5) is 0. The van der Waals surface area contributed by atoms with E-state index in [0.717, 1.165) is 11.1 Å². The van der Waals surface area contributed by atoms with Gasteiger partial charge in [-0.15, -0.1) is 0 Å². The summed E-state index contributed by atoms with van der Waals surface area (Å²) in [6, 6.07) is 40.6. The minimum atomic E-state index is -3.30. The fraction of sp³-hybridized carbons (Fsp3) is 0.0556. The van der Waals surface area contributed by atoms with Gasteiger partial charge in [0.2, 0.25) is 0 Å². The van der Waals surface area contributed by atoms with Crippen LogP contribution in [-0.4, -0.2) is 0 Å². The van der Waals surface area contributed by atoms with Gasteiger partial charge >= 0.3 is 0 Å². The summed E-state index contributed by atoms with van der Waals surface area (Å²) in [5.74, 6) is 2.39. The van der Waals surface area contributed by atoms with E-state index in [-0.39, 0.29) is 34.6 Å². The maximum absolute atomic E-state index is 14.3. The first-order valence-electron chi connectivity index (χ1n) is 13.6. The third kappa shape index (κ3) is 7.75. The summed E-state index contributed by atoms with van der Waals surface area (Å²) in [6.07, 6.45) is 0.329. The Bertz CT molecular complexity index is 1920. The highest BCUT2D eigenvalue weighted by molar-refractivity contribution is 7.57. The molecule has 45 heavy (non-hydrogen) atoms. The molecular formula is C36H23N4O4P. The molecule has 0 fully saturated rings. The Morgan fingerprint density at radius 1 is 0.467 bits per heavy atom. The molecule has 0 saturated heterocycles. The molecule has 0 N–H and O–H groups in total. The quantitative estimate of drug-likeness (QED) is 0.144. The maximum atomic E-state index is 14.3. The minimum absolute atomic E-state index is 0.165. The molecule has 0 unspecified atom stereocenters. The van der Waals surface area contributed by atoms with Crippen molar-refractivity contribution in [2.24, 2.45) is 0 Å². The molecule has 5 aromatic rings. The number of rotatable bonds is 10. The Kier molecular flexibility index (Phi) is 9.23. The predicted octanol–water partition coefficient (Wildman–Crippen LogP) is 8.82. The van der Waals surface area contributed by atoms with E-state index >= 15 is 0 Å². The zero-order chi connectivity index (χ0) is 31.6. The Morgan fingerprint density at radius 3 is 1.27 bits per heavy atom. The van der Waals surface area contributed by atoms with Crippen molar-refractivity contribution >= 4 is 7.37 Å². The highest BCUT2D eigenvalue weighted by Crippen LogP contribution is 2.53. The average molecular weight is 607 g/mol. The molecule has 0 aliphatic rings. The third-order valence-corrected chi connectivity index (χ3v) is 8.88. The Labute approximate surface area is 260 Å². The number of hydrogen-bond acceptors (Lipinski definition) is 8. The number of benzene rings is 5. The number of ether oxygens (including phenoxy) is 2. The Balaban J connectivity index is 1.32. The highest BCUT2D eigenvalue weighted by Gasteiger charge is 2.26. The lowest BCUT2D eigenvalue weighted by Gasteiger charge is -2.20. The van der Waals surface area contributed by atoms with Crippen molar-refractivity contribution in [1.29, 1.82) is 21.0 Å². The fourth-order valence-corrected chi connectivity index (χ4v) is 6.78. The molecule has 0 spiro atoms. The van der Waals surface area contributed by atoms with Gasteiger partial charge < -0.3 is 14.0 Å². The van der Waals surface area contributed by atoms with Gasteiger partial charge in [-0.25, -0.2) is 0 Å². The summed E-state index contributed by atoms with van der Waals surface area (Å²) in [5, 5.41) is 36.8. The normalized spacial score (nSPS) is 10.4. The second kappa shape index (κ2) is 13.8. The van der Waals surface area contributed by atoms with E-state index < -0.39 is 7.37 Å². The minimum Gasteiger partial charge on any atom is -0.457 e. The number of para-hydroxylation sites is 1. The Morgan fingerprint density at radius 2 is 0.867 bits per heavy atom. The molecular weight excluding hydrogens is 583 g/mol. The summed E-state index contributed by atoms with van der Waals surface area (Å²) in [6.45, 7) is 0. The number of hydrogen-bond donors (Lipinski definition) is 0. The highest BCUT2D eigenvalue weighted by atomic mass is 31.2. The summed E-state index contributed by atoms with van der Waals surface area (Å²) in [7, 11) is -3.30. The molecule has 216 valence electrons. The second-order valence-electron chi connectivity index (χ2n) is 9.89. The van der Waals surface area contributed by atoms with Gasteiger partial charge in [0, 0.05) is 0 Å². The van der Waals surface area contributed by atoms with Crippen LogP contribution < -0.4 is 14.0 Å². The van der Waals surface area contributed by atoms with E-state index in [1.54, 1.807) is 48.5 Å². The average Bonchev–Trinajstić information content (AvgIpc) is 3.06. The summed E-state index contributed by atoms with van der Waals surface area (Å²) < 4.78 is 32.2. The van der Waals surface area contributed by atoms with E-state index in [2.05, 4.69) is 0 Å². The topological polar surface area (TPSA) is 140 Å². The van der Waals surface area contributed by atoms with Gasteiger partial charge in [-0.2, -0.15) is 21.0 Å². The van der Waals surface area contributed by atoms with E-state index in [4.69, 9.17) is 24.5 Å². The lowest BCUT2D eigenvalue weighted by molar-refractivity contribution is 0.476. The van der Waals surface area contributed by atoms with Crippen LogP contribution >= 0.6 is 7.37 Å². The first-order chi connectivity index (χ1) is 21.9. The van der Waals surface area contributed by atoms with Crippen LogP contribution in [0.5, 0.6) is 28.7 Å². The number of nitrogens with zero attached hydrogens (tertiary/aromatic N) is 4. The molecule has 0 saturated carbocycles. The maximum Gasteiger partial charge on any atom is 0.256 e. The van der Waals surface area contributed by atoms with Crippen molar-refractivity contribution in [3.63, 3.8) is 0 Å². The van der Waals surface area contributed by atoms with Crippen molar-refractivity contribution in [2.45, 2.75) is 12.3 Å². The van der Waals surface area contributed by atoms with Crippen LogP contribution in [0.1, 0.15) is 33.4 Å². The van der Waals surface area contributed by atoms with Crippen molar-refractivity contribution < 1.29 is 18.6 Å². The van der Waals surface area contributed by atoms with Crippen molar-refractivity contribution in [3.05, 3.63) is 149 Å². The van der Waals surface area contributed by atoms with Gasteiger partial charge in [0.1, 0.15) is 53.0 Å². The summed E-state index contributed by atoms with van der Waals surface area (Å²) >= 11 is 0. The monoisotopic (exact) mass is 606 g/mol. The molecule has 0 atom stereocenters. The SMILES string of the molecule is N#Cc1ccc(Oc2ccc(CP(=O)(Cc3ccc(Oc4ccc(C#N)c(C#N)c4)cc3)Oc3ccccc3)cc2)cc1C#N. The largest absolute Gasteiger partial charge is 0.457 e. The van der Waals surface area contributed by atoms with Gasteiger partial charge in [0.25, 0.3) is 7.37 Å². The molecule has 5 rings (SSSR count). The number of nitriles is 4. The standard InChI is InChI=1S/C36H23N4O4P/c37-20-28-10-16-35(18-30(28)22-39)42-32-12-6-26(7-13-32)24-45(41,44-34-4-2-1-3-5-34)25-27-8-14-33(15-9-27)43-36-17-11-29(21-38)31(19-36)23-40/h1-19H,24-25H2. The van der Waals surface area contributed by atoms with Crippen molar-refractivity contribution in [1.82, 2.24) is 0 Å². The lowest BCUT2D eigenvalue weighted by atomic mass is 10.1. The van der Waals surface area contributed by atoms with Gasteiger partial charge in [0.05, 0.1) is 34.6 Å². The van der Waals surface area contributed by atoms with Crippen LogP contribution in [-0.2, 0) is 16.9 Å². The van der Waals surface area contributed by atoms with Gasteiger partial charge in [-0.3, -0.25) is 4.57 Å². The summed E-state index contributed by atoms with van der Waals surface area (Å²) in [5.41, 5.74) is 2.58. The van der Waals surface area contributed by atoms with E-state index in [9.17, 15) is 15.1 Å². The third-order valence-electron chi connectivity index (χ3n) is 6.64. The fourth-order valence-electron chi connectivity index (χ4n) is 4.50. The smallest absolute Gasteiger partial charge is 0.256 e. The predicted molar refractivity (Wildman–Crippen MR) is 167 cm³/mol. The first-order valence-corrected chi connectivity index (χ1v) is 15.6. The van der Waals surface area contributed by atoms with Gasteiger partial charge in [0.15, 0.2) is 0 Å². The van der Waals surface area contributed by atoms with Crippen LogP contribution in [0, 0.1) is 45.3 Å². The van der Waals surface area contributed by atoms with Crippen LogP contribution in [0.15, 0.2) is 115 Å². The molecule has 0 aliphatic carbocycles. The zero-order valence-corrected chi connectivity index (χ0v) is 24.6. The first kappa shape index (κ1) is 30.2. The van der Waals surface area contributed by atoms with Crippen molar-refractivity contribution in [2.75, 3.05) is 0 Å². The van der Waals surface area contributed by atoms with Crippen LogP contribution in [0.4, 0.5) is 0 Å². The molecule has 0 heterocycles. The zero-order valence-electron chi connectivity index (χ0n) is 23.8. The Hall–Kier alpha value is -6.31. The van der Waals surface area contributed by atoms with Gasteiger partial charge in [-0.1, -0.05) is 42.5 Å². The molecule has 0 radical (unpaired) electrons. The van der Waals surface area contributed by atoms with E-state index in [0.29, 0.717) is 28.7 Å². The van der Waals surface area contributed by atoms with E-state index in [1.165, 1.54) is 24.3 Å². The van der Waals surface area contributed by atoms with Crippen LogP contribution in [0.25, 0.3) is 0 Å². The molecule has 8 nitrogen and oxygen atoms in total. The molecule has 0 bridgehead atoms. The van der Waals surface area contributed by atoms with Crippen LogP contribution in [0.2, 0.25) is 0 Å². The molecule has 0 aliphatic heterocycles. The molecule has 9 heteroatoms. The van der Waals surface area contributed by atoms with Crippen molar-refractivity contribution in [3.8, 4) is 53.0 Å². The molecule has 0 amide bonds. The van der Waals surface area contributed by atoms with Crippen LogP contribution in [0.3, 0.4) is 0 Å². The second-order valence-corrected chi connectivity index (χ2v) is 12.3. The van der Waals surface area contributed by atoms with Gasteiger partial charge in [-0.05, 0) is 83.9 Å². The van der Waals surface area contributed by atoms with E-state index in [1.807, 2.05) is 66.7 Å². The lowest BCUT2D eigenvalue weighted by Crippen LogP contribution is -2.01. The molecule has 0 aromatic heterocycles. The molecule has 5 aromatic carbocycles.